The molecule has 1 aromatic rings. The summed E-state index contributed by atoms with van der Waals surface area (Å²) in [7, 11) is 0. The number of piperidine rings is 2. The highest BCUT2D eigenvalue weighted by molar-refractivity contribution is 5.82. The van der Waals surface area contributed by atoms with Gasteiger partial charge in [-0.2, -0.15) is 0 Å². The summed E-state index contributed by atoms with van der Waals surface area (Å²) in [5, 5.41) is 9.26. The Kier molecular flexibility index (Phi) is 8.28. The van der Waals surface area contributed by atoms with Crippen molar-refractivity contribution in [1.29, 1.82) is 0 Å². The zero-order valence-electron chi connectivity index (χ0n) is 18.1. The first-order valence-corrected chi connectivity index (χ1v) is 11.1. The van der Waals surface area contributed by atoms with Crippen LogP contribution in [-0.4, -0.2) is 71.3 Å². The number of carboxylic acid groups (broad SMARTS) is 1. The van der Waals surface area contributed by atoms with Gasteiger partial charge in [-0.1, -0.05) is 37.3 Å². The molecule has 8 nitrogen and oxygen atoms in total. The molecule has 2 amide bonds. The number of nitrogens with zero attached hydrogens (tertiary/aromatic N) is 2. The van der Waals surface area contributed by atoms with Crippen LogP contribution in [-0.2, 0) is 25.7 Å². The minimum Gasteiger partial charge on any atom is -0.481 e. The lowest BCUT2D eigenvalue weighted by molar-refractivity contribution is -0.154. The number of carboxylic acids is 1. The van der Waals surface area contributed by atoms with Crippen molar-refractivity contribution in [3.63, 3.8) is 0 Å². The summed E-state index contributed by atoms with van der Waals surface area (Å²) >= 11 is 0. The van der Waals surface area contributed by atoms with Crippen molar-refractivity contribution in [2.75, 3.05) is 26.2 Å². The molecule has 0 radical (unpaired) electrons. The molecule has 0 aromatic heterocycles. The second-order valence-electron chi connectivity index (χ2n) is 8.22. The monoisotopic (exact) mass is 432 g/mol. The number of ether oxygens (including phenoxy) is 2. The van der Waals surface area contributed by atoms with Crippen molar-refractivity contribution in [2.45, 2.75) is 57.8 Å². The number of carbonyl (C=O) groups excluding carboxylic acids is 2. The van der Waals surface area contributed by atoms with Crippen molar-refractivity contribution >= 4 is 18.0 Å². The van der Waals surface area contributed by atoms with Gasteiger partial charge in [-0.15, -0.1) is 0 Å². The average Bonchev–Trinajstić information content (AvgIpc) is 2.81. The van der Waals surface area contributed by atoms with E-state index in [9.17, 15) is 19.5 Å². The van der Waals surface area contributed by atoms with Gasteiger partial charge in [-0.05, 0) is 37.7 Å². The Morgan fingerprint density at radius 3 is 2.42 bits per heavy atom. The highest BCUT2D eigenvalue weighted by Crippen LogP contribution is 2.22. The van der Waals surface area contributed by atoms with Crippen LogP contribution >= 0.6 is 0 Å². The van der Waals surface area contributed by atoms with Gasteiger partial charge >= 0.3 is 12.1 Å². The first kappa shape index (κ1) is 23.1. The van der Waals surface area contributed by atoms with E-state index in [0.717, 1.165) is 5.56 Å². The van der Waals surface area contributed by atoms with Crippen LogP contribution in [0.4, 0.5) is 4.79 Å². The minimum atomic E-state index is -0.849. The number of amides is 2. The number of hydrogen-bond donors (Lipinski definition) is 1. The van der Waals surface area contributed by atoms with E-state index in [0.29, 0.717) is 51.7 Å². The van der Waals surface area contributed by atoms with Crippen LogP contribution in [0.5, 0.6) is 0 Å². The molecule has 0 spiro atoms. The predicted octanol–water partition coefficient (Wildman–Crippen LogP) is 2.91. The van der Waals surface area contributed by atoms with E-state index >= 15 is 0 Å². The molecule has 1 N–H and O–H groups in total. The molecule has 2 atom stereocenters. The second kappa shape index (κ2) is 11.1. The lowest BCUT2D eigenvalue weighted by Crippen LogP contribution is -2.49. The standard InChI is InChI=1S/C23H32N2O6/c1-2-20(21(26)25-12-6-9-18(15-25)22(27)28)31-19-10-13-24(14-11-19)23(29)30-16-17-7-4-3-5-8-17/h3-5,7-8,18-20H,2,6,9-16H2,1H3,(H,27,28). The van der Waals surface area contributed by atoms with Crippen molar-refractivity contribution in [1.82, 2.24) is 9.80 Å². The van der Waals surface area contributed by atoms with Gasteiger partial charge in [0.25, 0.3) is 5.91 Å². The lowest BCUT2D eigenvalue weighted by atomic mass is 9.97. The Balaban J connectivity index is 1.43. The molecule has 2 aliphatic heterocycles. The quantitative estimate of drug-likeness (QED) is 0.712. The third-order valence-corrected chi connectivity index (χ3v) is 5.99. The molecular formula is C23H32N2O6. The first-order chi connectivity index (χ1) is 15.0. The summed E-state index contributed by atoms with van der Waals surface area (Å²) in [6.45, 7) is 4.02. The number of benzene rings is 1. The average molecular weight is 433 g/mol. The molecule has 1 aromatic carbocycles. The van der Waals surface area contributed by atoms with E-state index in [-0.39, 0.29) is 31.3 Å². The van der Waals surface area contributed by atoms with Crippen LogP contribution in [0, 0.1) is 5.92 Å². The topological polar surface area (TPSA) is 96.4 Å². The van der Waals surface area contributed by atoms with Gasteiger partial charge in [0, 0.05) is 26.2 Å². The summed E-state index contributed by atoms with van der Waals surface area (Å²) in [5.74, 6) is -1.48. The Bertz CT molecular complexity index is 748. The van der Waals surface area contributed by atoms with Crippen molar-refractivity contribution in [3.05, 3.63) is 35.9 Å². The van der Waals surface area contributed by atoms with Gasteiger partial charge in [0.15, 0.2) is 0 Å². The van der Waals surface area contributed by atoms with Crippen LogP contribution < -0.4 is 0 Å². The summed E-state index contributed by atoms with van der Waals surface area (Å²) < 4.78 is 11.5. The van der Waals surface area contributed by atoms with Crippen molar-refractivity contribution < 1.29 is 29.0 Å². The molecule has 0 bridgehead atoms. The molecule has 3 rings (SSSR count). The fourth-order valence-electron chi connectivity index (χ4n) is 4.13. The Hall–Kier alpha value is -2.61. The molecule has 2 aliphatic rings. The molecule has 8 heteroatoms. The van der Waals surface area contributed by atoms with Gasteiger partial charge in [-0.25, -0.2) is 4.79 Å². The van der Waals surface area contributed by atoms with Gasteiger partial charge in [0.1, 0.15) is 12.7 Å². The van der Waals surface area contributed by atoms with Crippen molar-refractivity contribution in [3.8, 4) is 0 Å². The SMILES string of the molecule is CCC(OC1CCN(C(=O)OCc2ccccc2)CC1)C(=O)N1CCCC(C(=O)O)C1. The normalized spacial score (nSPS) is 20.9. The Morgan fingerprint density at radius 1 is 1.06 bits per heavy atom. The van der Waals surface area contributed by atoms with E-state index < -0.39 is 18.0 Å². The van der Waals surface area contributed by atoms with E-state index in [1.807, 2.05) is 37.3 Å². The predicted molar refractivity (Wildman–Crippen MR) is 113 cm³/mol. The largest absolute Gasteiger partial charge is 0.481 e. The molecule has 2 fully saturated rings. The summed E-state index contributed by atoms with van der Waals surface area (Å²) in [4.78, 5) is 39.8. The molecule has 2 saturated heterocycles. The maximum Gasteiger partial charge on any atom is 0.410 e. The van der Waals surface area contributed by atoms with Gasteiger partial charge in [0.05, 0.1) is 12.0 Å². The second-order valence-corrected chi connectivity index (χ2v) is 8.22. The summed E-state index contributed by atoms with van der Waals surface area (Å²) in [5.41, 5.74) is 0.946. The van der Waals surface area contributed by atoms with E-state index in [4.69, 9.17) is 9.47 Å². The molecule has 2 unspecified atom stereocenters. The minimum absolute atomic E-state index is 0.105. The maximum atomic E-state index is 12.9. The fraction of sp³-hybridized carbons (Fsp3) is 0.609. The highest BCUT2D eigenvalue weighted by atomic mass is 16.6. The first-order valence-electron chi connectivity index (χ1n) is 11.1. The van der Waals surface area contributed by atoms with Crippen LogP contribution in [0.1, 0.15) is 44.6 Å². The number of carbonyl (C=O) groups is 3. The smallest absolute Gasteiger partial charge is 0.410 e. The number of likely N-dealkylation sites (tertiary alicyclic amines) is 2. The van der Waals surface area contributed by atoms with Crippen LogP contribution in [0.2, 0.25) is 0 Å². The molecule has 2 heterocycles. The highest BCUT2D eigenvalue weighted by Gasteiger charge is 2.33. The molecule has 170 valence electrons. The van der Waals surface area contributed by atoms with E-state index in [1.54, 1.807) is 9.80 Å². The lowest BCUT2D eigenvalue weighted by Gasteiger charge is -2.36. The van der Waals surface area contributed by atoms with Gasteiger partial charge < -0.3 is 24.4 Å². The zero-order valence-corrected chi connectivity index (χ0v) is 18.1. The van der Waals surface area contributed by atoms with Crippen molar-refractivity contribution in [2.24, 2.45) is 5.92 Å². The van der Waals surface area contributed by atoms with E-state index in [1.165, 1.54) is 0 Å². The maximum absolute atomic E-state index is 12.9. The molecule has 31 heavy (non-hydrogen) atoms. The van der Waals surface area contributed by atoms with Crippen LogP contribution in [0.3, 0.4) is 0 Å². The van der Waals surface area contributed by atoms with Crippen LogP contribution in [0.15, 0.2) is 30.3 Å². The van der Waals surface area contributed by atoms with Gasteiger partial charge in [0.2, 0.25) is 0 Å². The van der Waals surface area contributed by atoms with Gasteiger partial charge in [-0.3, -0.25) is 9.59 Å². The third-order valence-electron chi connectivity index (χ3n) is 5.99. The number of rotatable bonds is 7. The molecular weight excluding hydrogens is 400 g/mol. The molecule has 0 saturated carbocycles. The number of hydrogen-bond acceptors (Lipinski definition) is 5. The third kappa shape index (κ3) is 6.43. The summed E-state index contributed by atoms with van der Waals surface area (Å²) in [6.07, 6.45) is 2.11. The fourth-order valence-corrected chi connectivity index (χ4v) is 4.13. The zero-order chi connectivity index (χ0) is 22.2. The van der Waals surface area contributed by atoms with Crippen LogP contribution in [0.25, 0.3) is 0 Å². The van der Waals surface area contributed by atoms with E-state index in [2.05, 4.69) is 0 Å². The summed E-state index contributed by atoms with van der Waals surface area (Å²) in [6, 6.07) is 9.55. The Labute approximate surface area is 183 Å². The number of aliphatic carboxylic acids is 1. The molecule has 0 aliphatic carbocycles. The Morgan fingerprint density at radius 2 is 1.77 bits per heavy atom.